The zero-order chi connectivity index (χ0) is 35.6. The van der Waals surface area contributed by atoms with Crippen molar-refractivity contribution < 1.29 is 0 Å². The van der Waals surface area contributed by atoms with Crippen LogP contribution < -0.4 is 0 Å². The van der Waals surface area contributed by atoms with Gasteiger partial charge in [-0.25, -0.2) is 9.98 Å². The van der Waals surface area contributed by atoms with Gasteiger partial charge in [0.1, 0.15) is 0 Å². The van der Waals surface area contributed by atoms with E-state index in [1.54, 1.807) is 0 Å². The van der Waals surface area contributed by atoms with Gasteiger partial charge in [-0.3, -0.25) is 24.9 Å². The molecule has 250 valence electrons. The van der Waals surface area contributed by atoms with E-state index >= 15 is 0 Å². The highest BCUT2D eigenvalue weighted by Crippen LogP contribution is 2.33. The minimum atomic E-state index is 0.471. The number of rotatable bonds is 6. The molecule has 0 saturated carbocycles. The molecule has 0 spiro atoms. The number of pyridine rings is 4. The second kappa shape index (κ2) is 13.8. The predicted octanol–water partition coefficient (Wildman–Crippen LogP) is 10.3. The predicted molar refractivity (Wildman–Crippen MR) is 218 cm³/mol. The zero-order valence-electron chi connectivity index (χ0n) is 28.6. The van der Waals surface area contributed by atoms with Crippen LogP contribution in [0.1, 0.15) is 16.7 Å². The maximum atomic E-state index is 5.02. The van der Waals surface area contributed by atoms with E-state index in [2.05, 4.69) is 112 Å². The van der Waals surface area contributed by atoms with E-state index in [1.807, 2.05) is 79.4 Å². The summed E-state index contributed by atoms with van der Waals surface area (Å²) in [5.74, 6) is 1.06. The lowest BCUT2D eigenvalue weighted by atomic mass is 9.98. The molecule has 0 radical (unpaired) electrons. The van der Waals surface area contributed by atoms with E-state index in [0.717, 1.165) is 82.6 Å². The van der Waals surface area contributed by atoms with Gasteiger partial charge in [0.2, 0.25) is 0 Å². The average molecular weight is 682 g/mol. The zero-order valence-corrected chi connectivity index (χ0v) is 28.6. The highest BCUT2D eigenvalue weighted by Gasteiger charge is 2.13. The number of amidine groups is 2. The molecule has 4 heterocycles. The van der Waals surface area contributed by atoms with Crippen molar-refractivity contribution in [3.8, 4) is 22.3 Å². The third-order valence-electron chi connectivity index (χ3n) is 9.49. The highest BCUT2D eigenvalue weighted by molar-refractivity contribution is 6.14. The minimum Gasteiger partial charge on any atom is -0.261 e. The lowest BCUT2D eigenvalue weighted by molar-refractivity contribution is 1.06. The van der Waals surface area contributed by atoms with Crippen molar-refractivity contribution in [1.82, 2.24) is 19.9 Å². The van der Waals surface area contributed by atoms with Gasteiger partial charge in [-0.2, -0.15) is 0 Å². The van der Waals surface area contributed by atoms with Crippen molar-refractivity contribution in [2.75, 3.05) is 0 Å². The van der Waals surface area contributed by atoms with E-state index in [4.69, 9.17) is 15.0 Å². The van der Waals surface area contributed by atoms with Crippen LogP contribution in [0, 0.1) is 0 Å². The molecule has 0 unspecified atom stereocenters. The molecule has 9 rings (SSSR count). The molecule has 7 heteroatoms. The molecular formula is C46H31N7. The molecule has 0 aliphatic carbocycles. The van der Waals surface area contributed by atoms with Gasteiger partial charge < -0.3 is 0 Å². The van der Waals surface area contributed by atoms with E-state index in [9.17, 15) is 0 Å². The third kappa shape index (κ3) is 6.10. The lowest BCUT2D eigenvalue weighted by Gasteiger charge is -2.11. The van der Waals surface area contributed by atoms with Crippen molar-refractivity contribution in [3.05, 3.63) is 181 Å². The maximum Gasteiger partial charge on any atom is 0.161 e. The largest absolute Gasteiger partial charge is 0.261 e. The summed E-state index contributed by atoms with van der Waals surface area (Å²) in [6.45, 7) is 4.37. The summed E-state index contributed by atoms with van der Waals surface area (Å²) < 4.78 is 0. The van der Waals surface area contributed by atoms with Crippen LogP contribution in [0.3, 0.4) is 0 Å². The van der Waals surface area contributed by atoms with E-state index in [-0.39, 0.29) is 0 Å². The van der Waals surface area contributed by atoms with Crippen LogP contribution in [0.15, 0.2) is 179 Å². The van der Waals surface area contributed by atoms with Crippen LogP contribution in [-0.4, -0.2) is 38.3 Å². The summed E-state index contributed by atoms with van der Waals surface area (Å²) in [5.41, 5.74) is 10.6. The third-order valence-corrected chi connectivity index (χ3v) is 9.49. The summed E-state index contributed by atoms with van der Waals surface area (Å²) in [4.78, 5) is 33.0. The Balaban J connectivity index is 1.07. The topological polar surface area (TPSA) is 88.6 Å². The Morgan fingerprint density at radius 2 is 0.962 bits per heavy atom. The molecule has 5 aromatic carbocycles. The standard InChI is InChI=1S/C46H31N7/c1-47-45(35-15-11-31(12-16-35)37-23-27-50-43-39(37)21-19-33-9-5-25-48-41(33)43)53-46(52-29-30-7-3-2-4-8-30)36-17-13-32(14-18-36)38-24-28-51-44-40(38)22-20-34-10-6-26-49-42(34)44/h2-28H,1,29H2/b52-46-,53-45-. The van der Waals surface area contributed by atoms with Crippen LogP contribution in [0.2, 0.25) is 0 Å². The molecule has 0 fully saturated rings. The number of hydrogen-bond donors (Lipinski definition) is 0. The average Bonchev–Trinajstić information content (AvgIpc) is 3.24. The van der Waals surface area contributed by atoms with Crippen LogP contribution in [-0.2, 0) is 6.54 Å². The second-order valence-corrected chi connectivity index (χ2v) is 12.7. The Bertz CT molecular complexity index is 2860. The Labute approximate surface area is 305 Å². The molecule has 0 atom stereocenters. The number of hydrogen-bond acceptors (Lipinski definition) is 5. The molecule has 4 aromatic heterocycles. The van der Waals surface area contributed by atoms with Crippen LogP contribution in [0.25, 0.3) is 65.9 Å². The summed E-state index contributed by atoms with van der Waals surface area (Å²) in [7, 11) is 0. The normalized spacial score (nSPS) is 12.2. The molecule has 7 nitrogen and oxygen atoms in total. The Morgan fingerprint density at radius 3 is 1.49 bits per heavy atom. The first-order valence-corrected chi connectivity index (χ1v) is 17.3. The maximum absolute atomic E-state index is 5.02. The van der Waals surface area contributed by atoms with E-state index < -0.39 is 0 Å². The molecular weight excluding hydrogens is 651 g/mol. The molecule has 53 heavy (non-hydrogen) atoms. The molecule has 9 aromatic rings. The molecule has 0 amide bonds. The number of aliphatic imine (C=N–C) groups is 3. The van der Waals surface area contributed by atoms with Crippen LogP contribution in [0.4, 0.5) is 0 Å². The number of aromatic nitrogens is 4. The minimum absolute atomic E-state index is 0.471. The first-order chi connectivity index (χ1) is 26.2. The smallest absolute Gasteiger partial charge is 0.161 e. The van der Waals surface area contributed by atoms with Crippen LogP contribution >= 0.6 is 0 Å². The van der Waals surface area contributed by atoms with Crippen molar-refractivity contribution in [2.45, 2.75) is 6.54 Å². The van der Waals surface area contributed by atoms with Gasteiger partial charge in [0.15, 0.2) is 11.7 Å². The van der Waals surface area contributed by atoms with Gasteiger partial charge in [0.25, 0.3) is 0 Å². The summed E-state index contributed by atoms with van der Waals surface area (Å²) in [6, 6.07) is 47.2. The lowest BCUT2D eigenvalue weighted by Crippen LogP contribution is -2.05. The van der Waals surface area contributed by atoms with E-state index in [0.29, 0.717) is 18.2 Å². The van der Waals surface area contributed by atoms with Gasteiger partial charge in [-0.15, -0.1) is 0 Å². The first kappa shape index (κ1) is 31.7. The molecule has 0 N–H and O–H groups in total. The van der Waals surface area contributed by atoms with Gasteiger partial charge >= 0.3 is 0 Å². The fraction of sp³-hybridized carbons (Fsp3) is 0.0217. The highest BCUT2D eigenvalue weighted by atomic mass is 15.0. The molecule has 0 saturated heterocycles. The summed E-state index contributed by atoms with van der Waals surface area (Å²) in [5, 5.41) is 4.23. The molecule has 0 aliphatic heterocycles. The SMILES string of the molecule is C=N/C(=N\C(=N/Cc1ccccc1)c1ccc(-c2ccnc3c2ccc2cccnc23)cc1)c1ccc(-c2ccnc3c2ccc2cccnc23)cc1. The van der Waals surface area contributed by atoms with Gasteiger partial charge in [-0.05, 0) is 58.8 Å². The molecule has 0 aliphatic rings. The monoisotopic (exact) mass is 681 g/mol. The number of fused-ring (bicyclic) bond motifs is 6. The Hall–Kier alpha value is -7.25. The second-order valence-electron chi connectivity index (χ2n) is 12.7. The van der Waals surface area contributed by atoms with Crippen molar-refractivity contribution in [1.29, 1.82) is 0 Å². The van der Waals surface area contributed by atoms with Crippen molar-refractivity contribution in [2.24, 2.45) is 15.0 Å². The Kier molecular flexibility index (Phi) is 8.26. The fourth-order valence-corrected chi connectivity index (χ4v) is 6.84. The quantitative estimate of drug-likeness (QED) is 0.0993. The van der Waals surface area contributed by atoms with Gasteiger partial charge in [0.05, 0.1) is 28.6 Å². The Morgan fingerprint density at radius 1 is 0.453 bits per heavy atom. The van der Waals surface area contributed by atoms with Gasteiger partial charge in [0, 0.05) is 57.5 Å². The number of nitrogens with zero attached hydrogens (tertiary/aromatic N) is 7. The number of benzene rings is 5. The first-order valence-electron chi connectivity index (χ1n) is 17.3. The summed E-state index contributed by atoms with van der Waals surface area (Å²) >= 11 is 0. The van der Waals surface area contributed by atoms with Crippen molar-refractivity contribution in [3.63, 3.8) is 0 Å². The summed E-state index contributed by atoms with van der Waals surface area (Å²) in [6.07, 6.45) is 7.31. The van der Waals surface area contributed by atoms with Crippen molar-refractivity contribution >= 4 is 62.0 Å². The van der Waals surface area contributed by atoms with Gasteiger partial charge in [-0.1, -0.05) is 115 Å². The fourth-order valence-electron chi connectivity index (χ4n) is 6.84. The molecule has 0 bridgehead atoms. The van der Waals surface area contributed by atoms with E-state index in [1.165, 1.54) is 0 Å². The van der Waals surface area contributed by atoms with Crippen LogP contribution in [0.5, 0.6) is 0 Å².